The second-order valence-corrected chi connectivity index (χ2v) is 13.4. The van der Waals surface area contributed by atoms with Gasteiger partial charge in [0.05, 0.1) is 33.0 Å². The van der Waals surface area contributed by atoms with Gasteiger partial charge in [0.25, 0.3) is 0 Å². The average molecular weight is 696 g/mol. The molecule has 0 bridgehead atoms. The fourth-order valence-corrected chi connectivity index (χ4v) is 6.48. The van der Waals surface area contributed by atoms with E-state index in [9.17, 15) is 9.59 Å². The molecule has 0 fully saturated rings. The number of esters is 1. The number of ether oxygens (including phenoxy) is 5. The number of unbranched alkanes of at least 4 members (excludes halogenated alkanes) is 14. The van der Waals surface area contributed by atoms with E-state index in [4.69, 9.17) is 23.7 Å². The molecule has 2 aromatic rings. The molecule has 0 unspecified atom stereocenters. The van der Waals surface area contributed by atoms with Crippen molar-refractivity contribution in [2.24, 2.45) is 0 Å². The van der Waals surface area contributed by atoms with Gasteiger partial charge in [-0.1, -0.05) is 145 Å². The Bertz CT molecular complexity index is 1130. The van der Waals surface area contributed by atoms with Crippen molar-refractivity contribution in [3.05, 3.63) is 59.7 Å². The van der Waals surface area contributed by atoms with Crippen molar-refractivity contribution in [1.82, 2.24) is 5.32 Å². The Hall–Kier alpha value is -2.94. The number of nitrogens with one attached hydrogen (secondary N) is 1. The Labute approximate surface area is 302 Å². The summed E-state index contributed by atoms with van der Waals surface area (Å²) in [5, 5.41) is 2.81. The zero-order valence-corrected chi connectivity index (χ0v) is 30.9. The Morgan fingerprint density at radius 1 is 0.540 bits per heavy atom. The van der Waals surface area contributed by atoms with Crippen molar-refractivity contribution in [1.29, 1.82) is 0 Å². The minimum absolute atomic E-state index is 0.0536. The molecule has 0 saturated heterocycles. The second kappa shape index (κ2) is 27.7. The monoisotopic (exact) mass is 695 g/mol. The lowest BCUT2D eigenvalue weighted by atomic mass is 9.98. The van der Waals surface area contributed by atoms with Crippen molar-refractivity contribution in [3.8, 4) is 11.1 Å². The van der Waals surface area contributed by atoms with Crippen LogP contribution in [0.1, 0.15) is 133 Å². The van der Waals surface area contributed by atoms with Crippen LogP contribution in [0.4, 0.5) is 4.79 Å². The third-order valence-electron chi connectivity index (χ3n) is 9.30. The Morgan fingerprint density at radius 3 is 1.54 bits per heavy atom. The molecule has 2 aromatic carbocycles. The number of hydrogen-bond acceptors (Lipinski definition) is 7. The zero-order valence-electron chi connectivity index (χ0n) is 30.9. The van der Waals surface area contributed by atoms with Gasteiger partial charge in [-0.25, -0.2) is 4.79 Å². The third-order valence-corrected chi connectivity index (χ3v) is 9.30. The van der Waals surface area contributed by atoms with Crippen LogP contribution in [-0.4, -0.2) is 71.5 Å². The molecule has 0 saturated carbocycles. The molecule has 8 heteroatoms. The highest BCUT2D eigenvalue weighted by Gasteiger charge is 2.28. The van der Waals surface area contributed by atoms with Gasteiger partial charge in [-0.3, -0.25) is 4.79 Å². The van der Waals surface area contributed by atoms with Gasteiger partial charge >= 0.3 is 12.1 Å². The van der Waals surface area contributed by atoms with E-state index in [1.54, 1.807) is 0 Å². The van der Waals surface area contributed by atoms with Crippen molar-refractivity contribution in [2.45, 2.75) is 122 Å². The number of amides is 1. The van der Waals surface area contributed by atoms with E-state index in [-0.39, 0.29) is 18.5 Å². The quantitative estimate of drug-likeness (QED) is 0.0620. The first-order valence-electron chi connectivity index (χ1n) is 19.7. The normalized spacial score (nSPS) is 12.1. The van der Waals surface area contributed by atoms with E-state index in [1.165, 1.54) is 106 Å². The van der Waals surface area contributed by atoms with E-state index >= 15 is 0 Å². The van der Waals surface area contributed by atoms with Crippen LogP contribution < -0.4 is 5.32 Å². The molecule has 0 atom stereocenters. The zero-order chi connectivity index (χ0) is 35.3. The van der Waals surface area contributed by atoms with Crippen molar-refractivity contribution in [3.63, 3.8) is 0 Å². The molecular formula is C42H65NO7. The van der Waals surface area contributed by atoms with Gasteiger partial charge in [-0.2, -0.15) is 0 Å². The molecule has 0 radical (unpaired) electrons. The van der Waals surface area contributed by atoms with Gasteiger partial charge in [0.15, 0.2) is 0 Å². The summed E-state index contributed by atoms with van der Waals surface area (Å²) in [7, 11) is 0. The van der Waals surface area contributed by atoms with E-state index in [2.05, 4.69) is 36.5 Å². The fraction of sp³-hybridized carbons (Fsp3) is 0.667. The topological polar surface area (TPSA) is 92.3 Å². The van der Waals surface area contributed by atoms with Gasteiger partial charge in [0.1, 0.15) is 13.2 Å². The molecule has 1 N–H and O–H groups in total. The van der Waals surface area contributed by atoms with Gasteiger partial charge < -0.3 is 29.0 Å². The summed E-state index contributed by atoms with van der Waals surface area (Å²) in [6.45, 7) is 6.09. The fourth-order valence-electron chi connectivity index (χ4n) is 6.48. The highest BCUT2D eigenvalue weighted by atomic mass is 16.6. The SMILES string of the molecule is CCCCCCCCCCCCCCCCCC(=O)OCCOCCOCCOCCCNC(=O)OCC1c2ccccc2-c2ccccc21. The first-order valence-corrected chi connectivity index (χ1v) is 19.7. The molecule has 1 amide bonds. The molecular weight excluding hydrogens is 630 g/mol. The van der Waals surface area contributed by atoms with Gasteiger partial charge in [0, 0.05) is 25.5 Å². The maximum Gasteiger partial charge on any atom is 0.407 e. The van der Waals surface area contributed by atoms with Crippen molar-refractivity contribution < 1.29 is 33.3 Å². The number of fused-ring (bicyclic) bond motifs is 3. The summed E-state index contributed by atoms with van der Waals surface area (Å²) in [5.41, 5.74) is 4.82. The number of carbonyl (C=O) groups is 2. The highest BCUT2D eigenvalue weighted by molar-refractivity contribution is 5.79. The average Bonchev–Trinajstić information content (AvgIpc) is 3.46. The molecule has 0 spiro atoms. The molecule has 8 nitrogen and oxygen atoms in total. The lowest BCUT2D eigenvalue weighted by Crippen LogP contribution is -2.27. The highest BCUT2D eigenvalue weighted by Crippen LogP contribution is 2.44. The number of hydrogen-bond donors (Lipinski definition) is 1. The third kappa shape index (κ3) is 17.8. The molecule has 0 aromatic heterocycles. The smallest absolute Gasteiger partial charge is 0.407 e. The first-order chi connectivity index (χ1) is 24.7. The summed E-state index contributed by atoms with van der Waals surface area (Å²) in [6.07, 6.45) is 20.5. The minimum Gasteiger partial charge on any atom is -0.463 e. The summed E-state index contributed by atoms with van der Waals surface area (Å²) < 4.78 is 27.4. The largest absolute Gasteiger partial charge is 0.463 e. The molecule has 0 aliphatic heterocycles. The predicted octanol–water partition coefficient (Wildman–Crippen LogP) is 9.77. The maximum atomic E-state index is 12.3. The Balaban J connectivity index is 1.00. The second-order valence-electron chi connectivity index (χ2n) is 13.4. The molecule has 50 heavy (non-hydrogen) atoms. The van der Waals surface area contributed by atoms with Crippen LogP contribution in [0.5, 0.6) is 0 Å². The van der Waals surface area contributed by atoms with Crippen molar-refractivity contribution in [2.75, 3.05) is 59.4 Å². The van der Waals surface area contributed by atoms with E-state index in [0.29, 0.717) is 65.6 Å². The van der Waals surface area contributed by atoms with E-state index < -0.39 is 6.09 Å². The maximum absolute atomic E-state index is 12.3. The summed E-state index contributed by atoms with van der Waals surface area (Å²) in [4.78, 5) is 24.2. The van der Waals surface area contributed by atoms with Gasteiger partial charge in [0.2, 0.25) is 0 Å². The van der Waals surface area contributed by atoms with Crippen LogP contribution >= 0.6 is 0 Å². The minimum atomic E-state index is -0.412. The Kier molecular flexibility index (Phi) is 23.0. The van der Waals surface area contributed by atoms with Crippen LogP contribution in [0.25, 0.3) is 11.1 Å². The molecule has 3 rings (SSSR count). The van der Waals surface area contributed by atoms with Crippen LogP contribution in [0, 0.1) is 0 Å². The number of benzene rings is 2. The summed E-state index contributed by atoms with van der Waals surface area (Å²) >= 11 is 0. The van der Waals surface area contributed by atoms with Crippen LogP contribution in [-0.2, 0) is 28.5 Å². The number of rotatable bonds is 31. The van der Waals surface area contributed by atoms with Gasteiger partial charge in [-0.05, 0) is 35.1 Å². The standard InChI is InChI=1S/C42H65NO7/c1-2-3-4-5-6-7-8-9-10-11-12-13-14-15-16-26-41(44)49-34-33-48-32-31-47-30-29-46-28-21-27-43-42(45)50-35-40-38-24-19-17-22-36(38)37-23-18-20-25-39(37)40/h17-20,22-25,40H,2-16,21,26-35H2,1H3,(H,43,45). The lowest BCUT2D eigenvalue weighted by Gasteiger charge is -2.14. The van der Waals surface area contributed by atoms with Crippen LogP contribution in [0.3, 0.4) is 0 Å². The molecule has 1 aliphatic carbocycles. The van der Waals surface area contributed by atoms with Crippen molar-refractivity contribution >= 4 is 12.1 Å². The lowest BCUT2D eigenvalue weighted by molar-refractivity contribution is -0.145. The number of alkyl carbamates (subject to hydrolysis) is 1. The Morgan fingerprint density at radius 2 is 1.00 bits per heavy atom. The summed E-state index contributed by atoms with van der Waals surface area (Å²) in [6, 6.07) is 16.6. The molecule has 1 aliphatic rings. The predicted molar refractivity (Wildman–Crippen MR) is 201 cm³/mol. The van der Waals surface area contributed by atoms with Crippen LogP contribution in [0.15, 0.2) is 48.5 Å². The molecule has 280 valence electrons. The van der Waals surface area contributed by atoms with E-state index in [1.807, 2.05) is 24.3 Å². The molecule has 0 heterocycles. The van der Waals surface area contributed by atoms with Gasteiger partial charge in [-0.15, -0.1) is 0 Å². The number of carbonyl (C=O) groups excluding carboxylic acids is 2. The van der Waals surface area contributed by atoms with Crippen LogP contribution in [0.2, 0.25) is 0 Å². The first kappa shape index (κ1) is 41.5. The van der Waals surface area contributed by atoms with E-state index in [0.717, 1.165) is 12.8 Å². The summed E-state index contributed by atoms with van der Waals surface area (Å²) in [5.74, 6) is -0.0805.